The number of aryl methyl sites for hydroxylation is 1. The maximum Gasteiger partial charge on any atom is 0.273 e. The Bertz CT molecular complexity index is 771. The van der Waals surface area contributed by atoms with Crippen LogP contribution in [0.15, 0.2) is 23.0 Å². The van der Waals surface area contributed by atoms with Crippen molar-refractivity contribution in [1.29, 1.82) is 0 Å². The van der Waals surface area contributed by atoms with Crippen molar-refractivity contribution >= 4 is 11.7 Å². The van der Waals surface area contributed by atoms with E-state index < -0.39 is 0 Å². The van der Waals surface area contributed by atoms with E-state index in [0.717, 1.165) is 37.3 Å². The maximum absolute atomic E-state index is 12.1. The Kier molecular flexibility index (Phi) is 4.12. The summed E-state index contributed by atoms with van der Waals surface area (Å²) in [5, 5.41) is 16.4. The van der Waals surface area contributed by atoms with E-state index in [1.165, 1.54) is 0 Å². The molecule has 2 fully saturated rings. The molecule has 3 heterocycles. The van der Waals surface area contributed by atoms with Gasteiger partial charge in [0.15, 0.2) is 5.69 Å². The molecule has 2 aromatic rings. The molecule has 1 amide bonds. The zero-order chi connectivity index (χ0) is 17.4. The molecular formula is C17H21N5O3. The third-order valence-corrected chi connectivity index (χ3v) is 4.91. The molecular weight excluding hydrogens is 322 g/mol. The normalized spacial score (nSPS) is 25.7. The Morgan fingerprint density at radius 1 is 1.36 bits per heavy atom. The highest BCUT2D eigenvalue weighted by molar-refractivity contribution is 5.92. The molecule has 0 unspecified atom stereocenters. The molecule has 1 saturated carbocycles. The van der Waals surface area contributed by atoms with Crippen LogP contribution in [0.5, 0.6) is 0 Å². The minimum absolute atomic E-state index is 0.126. The standard InChI is InChI=1S/C17H21N5O3/c1-10-4-15(21-25-10)17(24)20-12-5-11(6-12)14-7-16(19-9-18-14)22-3-2-13(23)8-22/h4,7,9,11-13,23H,2-3,5-6,8H2,1H3,(H,20,24)/t11?,12?,13-/m1/s1. The van der Waals surface area contributed by atoms with Crippen LogP contribution in [0.25, 0.3) is 0 Å². The minimum Gasteiger partial charge on any atom is -0.391 e. The van der Waals surface area contributed by atoms with Gasteiger partial charge < -0.3 is 19.8 Å². The predicted octanol–water partition coefficient (Wildman–Crippen LogP) is 1.02. The summed E-state index contributed by atoms with van der Waals surface area (Å²) in [6.07, 6.45) is 3.78. The van der Waals surface area contributed by atoms with Crippen molar-refractivity contribution in [3.05, 3.63) is 35.6 Å². The summed E-state index contributed by atoms with van der Waals surface area (Å²) >= 11 is 0. The van der Waals surface area contributed by atoms with Gasteiger partial charge in [0.2, 0.25) is 0 Å². The smallest absolute Gasteiger partial charge is 0.273 e. The van der Waals surface area contributed by atoms with Gasteiger partial charge in [-0.15, -0.1) is 0 Å². The van der Waals surface area contributed by atoms with Crippen LogP contribution in [0.2, 0.25) is 0 Å². The van der Waals surface area contributed by atoms with Crippen molar-refractivity contribution in [2.45, 2.75) is 44.2 Å². The van der Waals surface area contributed by atoms with E-state index in [1.807, 2.05) is 6.07 Å². The lowest BCUT2D eigenvalue weighted by Crippen LogP contribution is -2.43. The van der Waals surface area contributed by atoms with Crippen LogP contribution in [0.3, 0.4) is 0 Å². The average molecular weight is 343 g/mol. The zero-order valence-corrected chi connectivity index (χ0v) is 14.1. The average Bonchev–Trinajstić information content (AvgIpc) is 3.19. The highest BCUT2D eigenvalue weighted by Crippen LogP contribution is 2.37. The number of nitrogens with one attached hydrogen (secondary N) is 1. The van der Waals surface area contributed by atoms with Crippen molar-refractivity contribution < 1.29 is 14.4 Å². The first kappa shape index (κ1) is 16.0. The predicted molar refractivity (Wildman–Crippen MR) is 89.3 cm³/mol. The molecule has 25 heavy (non-hydrogen) atoms. The summed E-state index contributed by atoms with van der Waals surface area (Å²) in [5.74, 6) is 1.61. The van der Waals surface area contributed by atoms with E-state index in [9.17, 15) is 9.90 Å². The Morgan fingerprint density at radius 3 is 2.88 bits per heavy atom. The van der Waals surface area contributed by atoms with Crippen molar-refractivity contribution in [3.8, 4) is 0 Å². The number of aliphatic hydroxyl groups excluding tert-OH is 1. The molecule has 1 atom stereocenters. The van der Waals surface area contributed by atoms with Gasteiger partial charge in [-0.3, -0.25) is 4.79 Å². The maximum atomic E-state index is 12.1. The number of carbonyl (C=O) groups is 1. The third-order valence-electron chi connectivity index (χ3n) is 4.91. The zero-order valence-electron chi connectivity index (χ0n) is 14.1. The summed E-state index contributed by atoms with van der Waals surface area (Å²) in [4.78, 5) is 22.9. The van der Waals surface area contributed by atoms with Gasteiger partial charge in [-0.2, -0.15) is 0 Å². The largest absolute Gasteiger partial charge is 0.391 e. The molecule has 1 saturated heterocycles. The van der Waals surface area contributed by atoms with Crippen LogP contribution in [0, 0.1) is 6.92 Å². The molecule has 1 aliphatic heterocycles. The lowest BCUT2D eigenvalue weighted by molar-refractivity contribution is 0.0899. The number of aliphatic hydroxyl groups is 1. The van der Waals surface area contributed by atoms with Crippen LogP contribution in [-0.4, -0.2) is 51.4 Å². The summed E-state index contributed by atoms with van der Waals surface area (Å²) in [7, 11) is 0. The van der Waals surface area contributed by atoms with Gasteiger partial charge in [-0.1, -0.05) is 5.16 Å². The molecule has 132 valence electrons. The number of carbonyl (C=O) groups excluding carboxylic acids is 1. The second-order valence-electron chi connectivity index (χ2n) is 6.85. The third kappa shape index (κ3) is 3.34. The van der Waals surface area contributed by atoms with Crippen LogP contribution in [0.4, 0.5) is 5.82 Å². The fourth-order valence-corrected chi connectivity index (χ4v) is 3.42. The summed E-state index contributed by atoms with van der Waals surface area (Å²) in [6, 6.07) is 3.76. The summed E-state index contributed by atoms with van der Waals surface area (Å²) in [5.41, 5.74) is 1.31. The first-order chi connectivity index (χ1) is 12.1. The number of nitrogens with zero attached hydrogens (tertiary/aromatic N) is 4. The minimum atomic E-state index is -0.276. The fraction of sp³-hybridized carbons (Fsp3) is 0.529. The quantitative estimate of drug-likeness (QED) is 0.854. The number of β-amino-alcohol motifs (C(OH)–C–C–N with tert-alkyl or cyclic N) is 1. The van der Waals surface area contributed by atoms with Crippen LogP contribution < -0.4 is 10.2 Å². The number of rotatable bonds is 4. The molecule has 0 radical (unpaired) electrons. The molecule has 8 heteroatoms. The van der Waals surface area contributed by atoms with Crippen molar-refractivity contribution in [1.82, 2.24) is 20.4 Å². The molecule has 0 aromatic carbocycles. The monoisotopic (exact) mass is 343 g/mol. The summed E-state index contributed by atoms with van der Waals surface area (Å²) in [6.45, 7) is 3.20. The number of amides is 1. The van der Waals surface area contributed by atoms with E-state index in [4.69, 9.17) is 4.52 Å². The van der Waals surface area contributed by atoms with Gasteiger partial charge in [-0.05, 0) is 26.2 Å². The van der Waals surface area contributed by atoms with E-state index in [0.29, 0.717) is 23.9 Å². The molecule has 2 aromatic heterocycles. The second kappa shape index (κ2) is 6.44. The molecule has 0 spiro atoms. The topological polar surface area (TPSA) is 104 Å². The van der Waals surface area contributed by atoms with Crippen molar-refractivity contribution in [2.75, 3.05) is 18.0 Å². The number of hydrogen-bond donors (Lipinski definition) is 2. The van der Waals surface area contributed by atoms with E-state index in [-0.39, 0.29) is 18.1 Å². The lowest BCUT2D eigenvalue weighted by atomic mass is 9.78. The van der Waals surface area contributed by atoms with E-state index >= 15 is 0 Å². The number of anilines is 1. The highest BCUT2D eigenvalue weighted by atomic mass is 16.5. The Balaban J connectivity index is 1.34. The Hall–Kier alpha value is -2.48. The van der Waals surface area contributed by atoms with Gasteiger partial charge >= 0.3 is 0 Å². The Labute approximate surface area is 145 Å². The first-order valence-corrected chi connectivity index (χ1v) is 8.57. The van der Waals surface area contributed by atoms with Gasteiger partial charge in [-0.25, -0.2) is 9.97 Å². The van der Waals surface area contributed by atoms with Gasteiger partial charge in [0.05, 0.1) is 6.10 Å². The van der Waals surface area contributed by atoms with Crippen LogP contribution in [-0.2, 0) is 0 Å². The first-order valence-electron chi connectivity index (χ1n) is 8.57. The molecule has 2 N–H and O–H groups in total. The fourth-order valence-electron chi connectivity index (χ4n) is 3.42. The van der Waals surface area contributed by atoms with Crippen LogP contribution >= 0.6 is 0 Å². The highest BCUT2D eigenvalue weighted by Gasteiger charge is 2.33. The number of aromatic nitrogens is 3. The van der Waals surface area contributed by atoms with E-state index in [1.54, 1.807) is 19.3 Å². The van der Waals surface area contributed by atoms with Gasteiger partial charge in [0.25, 0.3) is 5.91 Å². The molecule has 4 rings (SSSR count). The van der Waals surface area contributed by atoms with Crippen molar-refractivity contribution in [3.63, 3.8) is 0 Å². The molecule has 0 bridgehead atoms. The molecule has 8 nitrogen and oxygen atoms in total. The number of hydrogen-bond acceptors (Lipinski definition) is 7. The van der Waals surface area contributed by atoms with E-state index in [2.05, 4.69) is 25.3 Å². The second-order valence-corrected chi connectivity index (χ2v) is 6.85. The SMILES string of the molecule is Cc1cc(C(=O)NC2CC(c3cc(N4CC[C@@H](O)C4)ncn3)C2)no1. The van der Waals surface area contributed by atoms with Crippen molar-refractivity contribution in [2.24, 2.45) is 0 Å². The Morgan fingerprint density at radius 2 is 2.20 bits per heavy atom. The van der Waals surface area contributed by atoms with Gasteiger partial charge in [0, 0.05) is 42.9 Å². The molecule has 2 aliphatic rings. The van der Waals surface area contributed by atoms with Crippen LogP contribution in [0.1, 0.15) is 47.1 Å². The molecule has 1 aliphatic carbocycles. The van der Waals surface area contributed by atoms with Gasteiger partial charge in [0.1, 0.15) is 17.9 Å². The lowest BCUT2D eigenvalue weighted by Gasteiger charge is -2.35. The summed E-state index contributed by atoms with van der Waals surface area (Å²) < 4.78 is 4.93.